The van der Waals surface area contributed by atoms with E-state index >= 15 is 0 Å². The number of likely N-dealkylation sites (N-methyl/N-ethyl adjacent to an activating group) is 1. The fourth-order valence-corrected chi connectivity index (χ4v) is 6.44. The number of fused-ring (bicyclic) bond motifs is 2. The molecule has 4 heterocycles. The van der Waals surface area contributed by atoms with E-state index in [-0.39, 0.29) is 5.91 Å². The minimum absolute atomic E-state index is 0.0729. The Morgan fingerprint density at radius 3 is 2.62 bits per heavy atom. The summed E-state index contributed by atoms with van der Waals surface area (Å²) in [6.07, 6.45) is 6.61. The highest BCUT2D eigenvalue weighted by Crippen LogP contribution is 2.37. The van der Waals surface area contributed by atoms with E-state index < -0.39 is 0 Å². The van der Waals surface area contributed by atoms with Gasteiger partial charge >= 0.3 is 6.01 Å². The van der Waals surface area contributed by atoms with Gasteiger partial charge in [0.25, 0.3) is 0 Å². The molecule has 2 saturated heterocycles. The zero-order valence-corrected chi connectivity index (χ0v) is 25.1. The second kappa shape index (κ2) is 12.6. The van der Waals surface area contributed by atoms with Crippen LogP contribution in [0.2, 0.25) is 0 Å². The third-order valence-electron chi connectivity index (χ3n) is 8.76. The van der Waals surface area contributed by atoms with Crippen molar-refractivity contribution < 1.29 is 14.3 Å². The highest BCUT2D eigenvalue weighted by molar-refractivity contribution is 5.96. The molecule has 42 heavy (non-hydrogen) atoms. The zero-order valence-electron chi connectivity index (χ0n) is 25.1. The Hall–Kier alpha value is -3.85. The molecule has 9 nitrogen and oxygen atoms in total. The molecule has 2 aromatic carbocycles. The molecular formula is C33H42N6O3. The van der Waals surface area contributed by atoms with Crippen molar-refractivity contribution in [1.82, 2.24) is 19.8 Å². The SMILES string of the molecule is C/C=C/C(=O)N1CCN(c2nc(OC[C@@H]3CCCN3C)nc3c2CCN(c2cc(OCC)cc4ccccc24)C3)CC1. The van der Waals surface area contributed by atoms with Crippen molar-refractivity contribution in [2.24, 2.45) is 0 Å². The average molecular weight is 571 g/mol. The van der Waals surface area contributed by atoms with Gasteiger partial charge in [-0.3, -0.25) is 4.79 Å². The van der Waals surface area contributed by atoms with Crippen molar-refractivity contribution in [2.45, 2.75) is 45.7 Å². The number of likely N-dealkylation sites (tertiary alicyclic amines) is 1. The van der Waals surface area contributed by atoms with Gasteiger partial charge in [0.1, 0.15) is 18.2 Å². The van der Waals surface area contributed by atoms with Crippen LogP contribution in [0.5, 0.6) is 11.8 Å². The van der Waals surface area contributed by atoms with E-state index in [1.165, 1.54) is 22.8 Å². The Kier molecular flexibility index (Phi) is 8.46. The van der Waals surface area contributed by atoms with Gasteiger partial charge in [-0.15, -0.1) is 0 Å². The van der Waals surface area contributed by atoms with Crippen LogP contribution in [0.15, 0.2) is 48.6 Å². The molecular weight excluding hydrogens is 528 g/mol. The van der Waals surface area contributed by atoms with Crippen LogP contribution < -0.4 is 19.3 Å². The first-order chi connectivity index (χ1) is 20.5. The first-order valence-electron chi connectivity index (χ1n) is 15.3. The maximum absolute atomic E-state index is 12.5. The lowest BCUT2D eigenvalue weighted by Crippen LogP contribution is -2.49. The largest absolute Gasteiger partial charge is 0.494 e. The van der Waals surface area contributed by atoms with E-state index in [1.54, 1.807) is 12.2 Å². The molecule has 3 aliphatic rings. The van der Waals surface area contributed by atoms with Crippen LogP contribution in [-0.4, -0.2) is 91.2 Å². The fraction of sp³-hybridized carbons (Fsp3) is 0.485. The van der Waals surface area contributed by atoms with Gasteiger partial charge < -0.3 is 29.1 Å². The predicted octanol–water partition coefficient (Wildman–Crippen LogP) is 4.29. The molecule has 3 aromatic rings. The Bertz CT molecular complexity index is 1450. The van der Waals surface area contributed by atoms with Crippen LogP contribution in [0.1, 0.15) is 37.9 Å². The minimum Gasteiger partial charge on any atom is -0.494 e. The van der Waals surface area contributed by atoms with Gasteiger partial charge in [0, 0.05) is 61.5 Å². The predicted molar refractivity (Wildman–Crippen MR) is 167 cm³/mol. The lowest BCUT2D eigenvalue weighted by atomic mass is 10.0. The number of carbonyl (C=O) groups excluding carboxylic acids is 1. The Morgan fingerprint density at radius 2 is 1.86 bits per heavy atom. The molecule has 2 fully saturated rings. The van der Waals surface area contributed by atoms with E-state index in [4.69, 9.17) is 19.4 Å². The summed E-state index contributed by atoms with van der Waals surface area (Å²) < 4.78 is 12.3. The van der Waals surface area contributed by atoms with Gasteiger partial charge in [0.2, 0.25) is 5.91 Å². The van der Waals surface area contributed by atoms with Gasteiger partial charge in [-0.1, -0.05) is 30.3 Å². The fourth-order valence-electron chi connectivity index (χ4n) is 6.44. The molecule has 0 unspecified atom stereocenters. The van der Waals surface area contributed by atoms with Gasteiger partial charge in [-0.05, 0) is 64.2 Å². The van der Waals surface area contributed by atoms with Crippen LogP contribution in [0.3, 0.4) is 0 Å². The van der Waals surface area contributed by atoms with Crippen LogP contribution in [0.4, 0.5) is 11.5 Å². The number of anilines is 2. The van der Waals surface area contributed by atoms with E-state index in [0.717, 1.165) is 62.0 Å². The highest BCUT2D eigenvalue weighted by atomic mass is 16.5. The van der Waals surface area contributed by atoms with E-state index in [2.05, 4.69) is 58.1 Å². The maximum atomic E-state index is 12.5. The number of ether oxygens (including phenoxy) is 2. The Morgan fingerprint density at radius 1 is 1.02 bits per heavy atom. The number of rotatable bonds is 8. The number of hydrogen-bond acceptors (Lipinski definition) is 8. The summed E-state index contributed by atoms with van der Waals surface area (Å²) >= 11 is 0. The van der Waals surface area contributed by atoms with E-state index in [9.17, 15) is 4.79 Å². The lowest BCUT2D eigenvalue weighted by molar-refractivity contribution is -0.126. The maximum Gasteiger partial charge on any atom is 0.318 e. The van der Waals surface area contributed by atoms with Crippen molar-refractivity contribution in [3.05, 3.63) is 59.8 Å². The molecule has 6 rings (SSSR count). The summed E-state index contributed by atoms with van der Waals surface area (Å²) in [5, 5.41) is 2.38. The molecule has 9 heteroatoms. The summed E-state index contributed by atoms with van der Waals surface area (Å²) in [7, 11) is 2.16. The molecule has 0 spiro atoms. The standard InChI is InChI=1S/C33H42N6O3/c1-4-9-31(40)37-16-18-38(19-17-37)32-28-13-15-39(30-21-26(41-5-2)20-24-10-6-7-12-27(24)30)22-29(28)34-33(35-32)42-23-25-11-8-14-36(25)3/h4,6-7,9-10,12,20-21,25H,5,8,11,13-19,22-23H2,1-3H3/b9-4+/t25-/m0/s1. The van der Waals surface area contributed by atoms with Crippen molar-refractivity contribution >= 4 is 28.2 Å². The molecule has 222 valence electrons. The highest BCUT2D eigenvalue weighted by Gasteiger charge is 2.30. The van der Waals surface area contributed by atoms with Gasteiger partial charge in [0.15, 0.2) is 0 Å². The smallest absolute Gasteiger partial charge is 0.318 e. The summed E-state index contributed by atoms with van der Waals surface area (Å²) in [6, 6.07) is 13.6. The first-order valence-corrected chi connectivity index (χ1v) is 15.3. The van der Waals surface area contributed by atoms with Crippen LogP contribution in [0, 0.1) is 0 Å². The van der Waals surface area contributed by atoms with Crippen LogP contribution in [0.25, 0.3) is 10.8 Å². The summed E-state index contributed by atoms with van der Waals surface area (Å²) in [6.45, 7) is 10.6. The number of carbonyl (C=O) groups is 1. The number of nitrogens with zero attached hydrogens (tertiary/aromatic N) is 6. The number of allylic oxidation sites excluding steroid dienone is 1. The second-order valence-electron chi connectivity index (χ2n) is 11.4. The molecule has 0 radical (unpaired) electrons. The van der Waals surface area contributed by atoms with Gasteiger partial charge in [-0.2, -0.15) is 9.97 Å². The average Bonchev–Trinajstić information content (AvgIpc) is 3.43. The third-order valence-corrected chi connectivity index (χ3v) is 8.76. The third kappa shape index (κ3) is 5.88. The topological polar surface area (TPSA) is 74.3 Å². The zero-order chi connectivity index (χ0) is 29.1. The quantitative estimate of drug-likeness (QED) is 0.372. The van der Waals surface area contributed by atoms with Crippen molar-refractivity contribution in [1.29, 1.82) is 0 Å². The molecule has 0 saturated carbocycles. The first kappa shape index (κ1) is 28.3. The Labute approximate surface area is 248 Å². The van der Waals surface area contributed by atoms with Crippen molar-refractivity contribution in [3.8, 4) is 11.8 Å². The molecule has 0 bridgehead atoms. The molecule has 1 amide bonds. The second-order valence-corrected chi connectivity index (χ2v) is 11.4. The summed E-state index contributed by atoms with van der Waals surface area (Å²) in [4.78, 5) is 31.5. The van der Waals surface area contributed by atoms with Crippen molar-refractivity contribution in [3.63, 3.8) is 0 Å². The van der Waals surface area contributed by atoms with Crippen molar-refractivity contribution in [2.75, 3.05) is 69.3 Å². The summed E-state index contributed by atoms with van der Waals surface area (Å²) in [5.41, 5.74) is 3.36. The number of amides is 1. The molecule has 1 atom stereocenters. The minimum atomic E-state index is 0.0729. The number of benzene rings is 2. The monoisotopic (exact) mass is 570 g/mol. The number of piperazine rings is 1. The van der Waals surface area contributed by atoms with Gasteiger partial charge in [-0.25, -0.2) is 0 Å². The number of hydrogen-bond donors (Lipinski definition) is 0. The lowest BCUT2D eigenvalue weighted by Gasteiger charge is -2.38. The molecule has 0 aliphatic carbocycles. The molecule has 1 aromatic heterocycles. The van der Waals surface area contributed by atoms with E-state index in [1.807, 2.05) is 18.7 Å². The normalized spacial score (nSPS) is 19.5. The molecule has 0 N–H and O–H groups in total. The molecule has 3 aliphatic heterocycles. The summed E-state index contributed by atoms with van der Waals surface area (Å²) in [5.74, 6) is 1.92. The van der Waals surface area contributed by atoms with E-state index in [0.29, 0.717) is 44.9 Å². The van der Waals surface area contributed by atoms with Crippen LogP contribution in [-0.2, 0) is 17.8 Å². The Balaban J connectivity index is 1.31. The van der Waals surface area contributed by atoms with Crippen LogP contribution >= 0.6 is 0 Å². The number of aromatic nitrogens is 2. The van der Waals surface area contributed by atoms with Gasteiger partial charge in [0.05, 0.1) is 18.8 Å².